The molecular weight excluding hydrogens is 364 g/mol. The predicted octanol–water partition coefficient (Wildman–Crippen LogP) is 6.97. The van der Waals surface area contributed by atoms with Gasteiger partial charge in [-0.3, -0.25) is 0 Å². The molecule has 0 amide bonds. The summed E-state index contributed by atoms with van der Waals surface area (Å²) in [7, 11) is 0. The molecular formula is C25H40O4. The average molecular weight is 405 g/mol. The van der Waals surface area contributed by atoms with E-state index in [0.717, 1.165) is 51.4 Å². The minimum atomic E-state index is -0.446. The van der Waals surface area contributed by atoms with Crippen molar-refractivity contribution in [2.45, 2.75) is 98.0 Å². The van der Waals surface area contributed by atoms with Gasteiger partial charge in [-0.15, -0.1) is 0 Å². The van der Waals surface area contributed by atoms with Crippen LogP contribution < -0.4 is 0 Å². The van der Waals surface area contributed by atoms with Crippen LogP contribution in [0.15, 0.2) is 24.3 Å². The molecule has 4 heteroatoms. The number of carbonyl (C=O) groups is 2. The molecule has 0 aliphatic carbocycles. The van der Waals surface area contributed by atoms with E-state index in [1.54, 1.807) is 24.3 Å². The molecule has 0 bridgehead atoms. The Balaban J connectivity index is 2.63. The Labute approximate surface area is 177 Å². The lowest BCUT2D eigenvalue weighted by Crippen LogP contribution is -2.21. The maximum Gasteiger partial charge on any atom is 0.339 e. The van der Waals surface area contributed by atoms with Crippen LogP contribution in [-0.4, -0.2) is 24.6 Å². The number of hydrogen-bond donors (Lipinski definition) is 0. The van der Waals surface area contributed by atoms with E-state index in [-0.39, 0.29) is 6.10 Å². The average Bonchev–Trinajstić information content (AvgIpc) is 2.75. The molecule has 1 atom stereocenters. The molecule has 0 aliphatic heterocycles. The van der Waals surface area contributed by atoms with Crippen molar-refractivity contribution in [2.75, 3.05) is 6.61 Å². The minimum Gasteiger partial charge on any atom is -0.462 e. The molecule has 0 saturated heterocycles. The summed E-state index contributed by atoms with van der Waals surface area (Å²) in [6.45, 7) is 8.99. The van der Waals surface area contributed by atoms with Crippen molar-refractivity contribution in [3.63, 3.8) is 0 Å². The van der Waals surface area contributed by atoms with Gasteiger partial charge in [-0.2, -0.15) is 0 Å². The Morgan fingerprint density at radius 3 is 2.00 bits per heavy atom. The van der Waals surface area contributed by atoms with Crippen LogP contribution in [0.2, 0.25) is 0 Å². The molecule has 164 valence electrons. The molecule has 1 aromatic carbocycles. The smallest absolute Gasteiger partial charge is 0.339 e. The standard InChI is InChI=1S/C25H40O4/c1-5-9-10-11-14-19-28-24(26)22-15-12-13-16-23(22)25(27)29-21(8-4)18-17-20(6-2)7-3/h12-13,15-16,20-21H,5-11,14,17-19H2,1-4H3. The Morgan fingerprint density at radius 1 is 0.793 bits per heavy atom. The van der Waals surface area contributed by atoms with Gasteiger partial charge in [0.1, 0.15) is 6.10 Å². The van der Waals surface area contributed by atoms with Gasteiger partial charge in [-0.05, 0) is 43.7 Å². The summed E-state index contributed by atoms with van der Waals surface area (Å²) in [5.41, 5.74) is 0.588. The first-order chi connectivity index (χ1) is 14.1. The zero-order valence-electron chi connectivity index (χ0n) is 18.9. The van der Waals surface area contributed by atoms with Gasteiger partial charge in [-0.1, -0.05) is 78.4 Å². The van der Waals surface area contributed by atoms with Crippen LogP contribution in [0, 0.1) is 5.92 Å². The third-order valence-electron chi connectivity index (χ3n) is 5.63. The van der Waals surface area contributed by atoms with Gasteiger partial charge in [-0.25, -0.2) is 9.59 Å². The first kappa shape index (κ1) is 25.2. The molecule has 1 aromatic rings. The molecule has 1 rings (SSSR count). The van der Waals surface area contributed by atoms with E-state index in [2.05, 4.69) is 20.8 Å². The normalized spacial score (nSPS) is 12.0. The number of rotatable bonds is 15. The Kier molecular flexibility index (Phi) is 13.1. The molecule has 1 unspecified atom stereocenters. The zero-order valence-corrected chi connectivity index (χ0v) is 18.9. The van der Waals surface area contributed by atoms with Gasteiger partial charge in [0.25, 0.3) is 0 Å². The van der Waals surface area contributed by atoms with E-state index in [9.17, 15) is 9.59 Å². The summed E-state index contributed by atoms with van der Waals surface area (Å²) in [6.07, 6.45) is 10.3. The topological polar surface area (TPSA) is 52.6 Å². The Morgan fingerprint density at radius 2 is 1.41 bits per heavy atom. The molecule has 0 radical (unpaired) electrons. The maximum absolute atomic E-state index is 12.7. The second kappa shape index (κ2) is 15.1. The molecule has 4 nitrogen and oxygen atoms in total. The van der Waals surface area contributed by atoms with Crippen molar-refractivity contribution >= 4 is 11.9 Å². The fourth-order valence-corrected chi connectivity index (χ4v) is 3.47. The SMILES string of the molecule is CCCCCCCOC(=O)c1ccccc1C(=O)OC(CC)CCC(CC)CC. The summed E-state index contributed by atoms with van der Waals surface area (Å²) in [6, 6.07) is 6.79. The van der Waals surface area contributed by atoms with Crippen molar-refractivity contribution in [3.8, 4) is 0 Å². The van der Waals surface area contributed by atoms with Crippen LogP contribution >= 0.6 is 0 Å². The number of unbranched alkanes of at least 4 members (excludes halogenated alkanes) is 4. The fourth-order valence-electron chi connectivity index (χ4n) is 3.47. The molecule has 0 heterocycles. The molecule has 0 aliphatic rings. The monoisotopic (exact) mass is 404 g/mol. The van der Waals surface area contributed by atoms with Gasteiger partial charge >= 0.3 is 11.9 Å². The Hall–Kier alpha value is -1.84. The molecule has 0 aromatic heterocycles. The Bertz CT molecular complexity index is 592. The molecule has 0 saturated carbocycles. The van der Waals surface area contributed by atoms with Crippen LogP contribution in [0.4, 0.5) is 0 Å². The zero-order chi connectivity index (χ0) is 21.5. The molecule has 29 heavy (non-hydrogen) atoms. The van der Waals surface area contributed by atoms with Crippen molar-refractivity contribution < 1.29 is 19.1 Å². The third-order valence-corrected chi connectivity index (χ3v) is 5.63. The summed E-state index contributed by atoms with van der Waals surface area (Å²) >= 11 is 0. The summed E-state index contributed by atoms with van der Waals surface area (Å²) < 4.78 is 11.1. The first-order valence-electron chi connectivity index (χ1n) is 11.5. The largest absolute Gasteiger partial charge is 0.462 e. The van der Waals surface area contributed by atoms with E-state index in [4.69, 9.17) is 9.47 Å². The number of ether oxygens (including phenoxy) is 2. The van der Waals surface area contributed by atoms with Gasteiger partial charge < -0.3 is 9.47 Å². The quantitative estimate of drug-likeness (QED) is 0.234. The van der Waals surface area contributed by atoms with Crippen molar-refractivity contribution in [3.05, 3.63) is 35.4 Å². The second-order valence-electron chi connectivity index (χ2n) is 7.79. The van der Waals surface area contributed by atoms with E-state index in [1.807, 2.05) is 6.92 Å². The van der Waals surface area contributed by atoms with Crippen molar-refractivity contribution in [1.29, 1.82) is 0 Å². The van der Waals surface area contributed by atoms with Gasteiger partial charge in [0.15, 0.2) is 0 Å². The van der Waals surface area contributed by atoms with Gasteiger partial charge in [0.05, 0.1) is 17.7 Å². The molecule has 0 N–H and O–H groups in total. The van der Waals surface area contributed by atoms with Crippen LogP contribution in [-0.2, 0) is 9.47 Å². The highest BCUT2D eigenvalue weighted by Gasteiger charge is 2.22. The fraction of sp³-hybridized carbons (Fsp3) is 0.680. The lowest BCUT2D eigenvalue weighted by molar-refractivity contribution is 0.0248. The van der Waals surface area contributed by atoms with E-state index < -0.39 is 11.9 Å². The molecule has 0 fully saturated rings. The number of hydrogen-bond acceptors (Lipinski definition) is 4. The van der Waals surface area contributed by atoms with E-state index in [1.165, 1.54) is 12.8 Å². The van der Waals surface area contributed by atoms with Crippen molar-refractivity contribution in [2.24, 2.45) is 5.92 Å². The van der Waals surface area contributed by atoms with Gasteiger partial charge in [0.2, 0.25) is 0 Å². The van der Waals surface area contributed by atoms with Crippen LogP contribution in [0.3, 0.4) is 0 Å². The number of benzene rings is 1. The first-order valence-corrected chi connectivity index (χ1v) is 11.5. The van der Waals surface area contributed by atoms with Crippen LogP contribution in [0.1, 0.15) is 113 Å². The van der Waals surface area contributed by atoms with E-state index >= 15 is 0 Å². The highest BCUT2D eigenvalue weighted by atomic mass is 16.5. The summed E-state index contributed by atoms with van der Waals surface area (Å²) in [4.78, 5) is 25.2. The van der Waals surface area contributed by atoms with E-state index in [0.29, 0.717) is 23.7 Å². The minimum absolute atomic E-state index is 0.120. The highest BCUT2D eigenvalue weighted by molar-refractivity contribution is 6.03. The lowest BCUT2D eigenvalue weighted by Gasteiger charge is -2.20. The maximum atomic E-state index is 12.7. The van der Waals surface area contributed by atoms with Crippen LogP contribution in [0.25, 0.3) is 0 Å². The molecule has 0 spiro atoms. The number of carbonyl (C=O) groups excluding carboxylic acids is 2. The lowest BCUT2D eigenvalue weighted by atomic mass is 9.95. The second-order valence-corrected chi connectivity index (χ2v) is 7.79. The third kappa shape index (κ3) is 9.47. The van der Waals surface area contributed by atoms with Crippen LogP contribution in [0.5, 0.6) is 0 Å². The number of esters is 2. The highest BCUT2D eigenvalue weighted by Crippen LogP contribution is 2.20. The van der Waals surface area contributed by atoms with Gasteiger partial charge in [0, 0.05) is 0 Å². The predicted molar refractivity (Wildman–Crippen MR) is 118 cm³/mol. The summed E-state index contributed by atoms with van der Waals surface area (Å²) in [5.74, 6) is -0.211. The van der Waals surface area contributed by atoms with Crippen molar-refractivity contribution in [1.82, 2.24) is 0 Å². The summed E-state index contributed by atoms with van der Waals surface area (Å²) in [5, 5.41) is 0.